The first-order valence-electron chi connectivity index (χ1n) is 9.02. The fourth-order valence-electron chi connectivity index (χ4n) is 2.53. The van der Waals surface area contributed by atoms with Crippen LogP contribution in [-0.2, 0) is 6.54 Å². The zero-order valence-electron chi connectivity index (χ0n) is 15.4. The Kier molecular flexibility index (Phi) is 7.38. The molecular formula is C20H28N4O. The molecule has 0 aliphatic heterocycles. The van der Waals surface area contributed by atoms with Crippen molar-refractivity contribution in [3.63, 3.8) is 0 Å². The third-order valence-corrected chi connectivity index (χ3v) is 4.04. The highest BCUT2D eigenvalue weighted by Crippen LogP contribution is 2.15. The van der Waals surface area contributed by atoms with Crippen molar-refractivity contribution in [2.45, 2.75) is 52.6 Å². The second-order valence-corrected chi connectivity index (χ2v) is 6.44. The molecule has 0 aliphatic rings. The second kappa shape index (κ2) is 9.77. The van der Waals surface area contributed by atoms with Crippen LogP contribution in [0, 0.1) is 0 Å². The first-order chi connectivity index (χ1) is 12.1. The van der Waals surface area contributed by atoms with Crippen molar-refractivity contribution in [2.24, 2.45) is 0 Å². The van der Waals surface area contributed by atoms with Crippen LogP contribution in [0.4, 0.5) is 5.95 Å². The molecule has 1 N–H and O–H groups in total. The van der Waals surface area contributed by atoms with E-state index in [4.69, 9.17) is 0 Å². The smallest absolute Gasteiger partial charge is 0.254 e. The summed E-state index contributed by atoms with van der Waals surface area (Å²) in [6.45, 7) is 7.80. The molecule has 0 bridgehead atoms. The molecule has 0 saturated heterocycles. The molecule has 5 nitrogen and oxygen atoms in total. The Morgan fingerprint density at radius 3 is 2.40 bits per heavy atom. The van der Waals surface area contributed by atoms with E-state index >= 15 is 0 Å². The van der Waals surface area contributed by atoms with Gasteiger partial charge in [0.1, 0.15) is 0 Å². The van der Waals surface area contributed by atoms with E-state index in [0.717, 1.165) is 25.8 Å². The van der Waals surface area contributed by atoms with Gasteiger partial charge in [-0.05, 0) is 25.8 Å². The van der Waals surface area contributed by atoms with E-state index in [1.807, 2.05) is 18.2 Å². The lowest BCUT2D eigenvalue weighted by atomic mass is 10.2. The van der Waals surface area contributed by atoms with Crippen molar-refractivity contribution in [3.05, 3.63) is 53.9 Å². The van der Waals surface area contributed by atoms with Crippen LogP contribution < -0.4 is 10.2 Å². The average molecular weight is 340 g/mol. The molecule has 25 heavy (non-hydrogen) atoms. The van der Waals surface area contributed by atoms with Crippen LogP contribution in [0.1, 0.15) is 56.0 Å². The minimum Gasteiger partial charge on any atom is -0.352 e. The Morgan fingerprint density at radius 1 is 1.12 bits per heavy atom. The summed E-state index contributed by atoms with van der Waals surface area (Å²) >= 11 is 0. The van der Waals surface area contributed by atoms with Crippen LogP contribution in [0.25, 0.3) is 0 Å². The van der Waals surface area contributed by atoms with Crippen LogP contribution in [-0.4, -0.2) is 28.5 Å². The van der Waals surface area contributed by atoms with Crippen LogP contribution in [0.2, 0.25) is 0 Å². The fourth-order valence-corrected chi connectivity index (χ4v) is 2.53. The predicted molar refractivity (Wildman–Crippen MR) is 102 cm³/mol. The molecule has 1 aromatic carbocycles. The highest BCUT2D eigenvalue weighted by molar-refractivity contribution is 5.93. The van der Waals surface area contributed by atoms with Crippen LogP contribution in [0.5, 0.6) is 0 Å². The van der Waals surface area contributed by atoms with Crippen molar-refractivity contribution < 1.29 is 4.79 Å². The van der Waals surface area contributed by atoms with Gasteiger partial charge in [0.2, 0.25) is 5.95 Å². The number of hydrogen-bond donors (Lipinski definition) is 1. The number of benzene rings is 1. The third-order valence-electron chi connectivity index (χ3n) is 4.04. The predicted octanol–water partition coefficient (Wildman–Crippen LogP) is 3.81. The Morgan fingerprint density at radius 2 is 1.80 bits per heavy atom. The topological polar surface area (TPSA) is 58.1 Å². The number of rotatable bonds is 9. The number of amides is 1. The van der Waals surface area contributed by atoms with Gasteiger partial charge in [0.25, 0.3) is 5.91 Å². The maximum Gasteiger partial charge on any atom is 0.254 e. The van der Waals surface area contributed by atoms with Crippen molar-refractivity contribution in [2.75, 3.05) is 11.4 Å². The zero-order chi connectivity index (χ0) is 18.1. The standard InChI is InChI=1S/C20H28N4O/c1-4-5-9-12-21-19(25)18-13-22-20(23-14-18)24(16(2)3)15-17-10-7-6-8-11-17/h6-8,10-11,13-14,16H,4-5,9,12,15H2,1-3H3,(H,21,25). The first-order valence-corrected chi connectivity index (χ1v) is 9.02. The van der Waals surface area contributed by atoms with Gasteiger partial charge in [-0.25, -0.2) is 9.97 Å². The molecule has 0 spiro atoms. The monoisotopic (exact) mass is 340 g/mol. The lowest BCUT2D eigenvalue weighted by molar-refractivity contribution is 0.0952. The number of hydrogen-bond acceptors (Lipinski definition) is 4. The third kappa shape index (κ3) is 5.85. The molecule has 134 valence electrons. The molecule has 5 heteroatoms. The number of aromatic nitrogens is 2. The average Bonchev–Trinajstić information content (AvgIpc) is 2.64. The Hall–Kier alpha value is -2.43. The van der Waals surface area contributed by atoms with E-state index in [2.05, 4.69) is 53.1 Å². The summed E-state index contributed by atoms with van der Waals surface area (Å²) in [4.78, 5) is 23.1. The van der Waals surface area contributed by atoms with E-state index < -0.39 is 0 Å². The van der Waals surface area contributed by atoms with Crippen LogP contribution >= 0.6 is 0 Å². The SMILES string of the molecule is CCCCCNC(=O)c1cnc(N(Cc2ccccc2)C(C)C)nc1. The maximum atomic E-state index is 12.1. The number of unbranched alkanes of at least 4 members (excludes halogenated alkanes) is 2. The van der Waals surface area contributed by atoms with Gasteiger partial charge in [0.15, 0.2) is 0 Å². The number of anilines is 1. The van der Waals surface area contributed by atoms with Gasteiger partial charge in [0.05, 0.1) is 5.56 Å². The lowest BCUT2D eigenvalue weighted by Gasteiger charge is -2.26. The number of carbonyl (C=O) groups is 1. The molecular weight excluding hydrogens is 312 g/mol. The van der Waals surface area contributed by atoms with Gasteiger partial charge in [0, 0.05) is 31.5 Å². The van der Waals surface area contributed by atoms with Crippen molar-refractivity contribution in [1.82, 2.24) is 15.3 Å². The van der Waals surface area contributed by atoms with Gasteiger partial charge in [-0.3, -0.25) is 4.79 Å². The Bertz CT molecular complexity index is 641. The summed E-state index contributed by atoms with van der Waals surface area (Å²) in [5.41, 5.74) is 1.71. The molecule has 0 aliphatic carbocycles. The Balaban J connectivity index is 2.01. The van der Waals surface area contributed by atoms with Gasteiger partial charge in [-0.15, -0.1) is 0 Å². The first kappa shape index (κ1) is 18.9. The van der Waals surface area contributed by atoms with Crippen molar-refractivity contribution in [3.8, 4) is 0 Å². The minimum atomic E-state index is -0.109. The zero-order valence-corrected chi connectivity index (χ0v) is 15.4. The molecule has 1 heterocycles. The second-order valence-electron chi connectivity index (χ2n) is 6.44. The van der Waals surface area contributed by atoms with E-state index in [1.54, 1.807) is 12.4 Å². The van der Waals surface area contributed by atoms with E-state index in [9.17, 15) is 4.79 Å². The quantitative estimate of drug-likeness (QED) is 0.705. The minimum absolute atomic E-state index is 0.109. The summed E-state index contributed by atoms with van der Waals surface area (Å²) in [6, 6.07) is 10.5. The highest BCUT2D eigenvalue weighted by atomic mass is 16.1. The van der Waals surface area contributed by atoms with Crippen molar-refractivity contribution >= 4 is 11.9 Å². The molecule has 2 aromatic rings. The molecule has 1 amide bonds. The lowest BCUT2D eigenvalue weighted by Crippen LogP contribution is -2.32. The summed E-state index contributed by atoms with van der Waals surface area (Å²) < 4.78 is 0. The fraction of sp³-hybridized carbons (Fsp3) is 0.450. The molecule has 0 unspecified atom stereocenters. The molecule has 0 saturated carbocycles. The summed E-state index contributed by atoms with van der Waals surface area (Å²) in [5.74, 6) is 0.531. The summed E-state index contributed by atoms with van der Waals surface area (Å²) in [7, 11) is 0. The van der Waals surface area contributed by atoms with Crippen LogP contribution in [0.3, 0.4) is 0 Å². The van der Waals surface area contributed by atoms with Gasteiger partial charge >= 0.3 is 0 Å². The molecule has 0 radical (unpaired) electrons. The van der Waals surface area contributed by atoms with Gasteiger partial charge in [-0.1, -0.05) is 50.1 Å². The maximum absolute atomic E-state index is 12.1. The summed E-state index contributed by atoms with van der Waals surface area (Å²) in [5, 5.41) is 2.91. The number of nitrogens with zero attached hydrogens (tertiary/aromatic N) is 3. The number of nitrogens with one attached hydrogen (secondary N) is 1. The van der Waals surface area contributed by atoms with E-state index in [-0.39, 0.29) is 11.9 Å². The van der Waals surface area contributed by atoms with Gasteiger partial charge in [-0.2, -0.15) is 0 Å². The number of carbonyl (C=O) groups excluding carboxylic acids is 1. The molecule has 2 rings (SSSR count). The Labute approximate surface area is 150 Å². The van der Waals surface area contributed by atoms with E-state index in [0.29, 0.717) is 18.1 Å². The normalized spacial score (nSPS) is 10.7. The van der Waals surface area contributed by atoms with Crippen molar-refractivity contribution in [1.29, 1.82) is 0 Å². The van der Waals surface area contributed by atoms with E-state index in [1.165, 1.54) is 5.56 Å². The molecule has 0 fully saturated rings. The van der Waals surface area contributed by atoms with Crippen LogP contribution in [0.15, 0.2) is 42.7 Å². The highest BCUT2D eigenvalue weighted by Gasteiger charge is 2.15. The molecule has 0 atom stereocenters. The molecule has 1 aromatic heterocycles. The summed E-state index contributed by atoms with van der Waals surface area (Å²) in [6.07, 6.45) is 6.48. The largest absolute Gasteiger partial charge is 0.352 e. The van der Waals surface area contributed by atoms with Gasteiger partial charge < -0.3 is 10.2 Å².